The molecule has 2 rings (SSSR count). The second-order valence-electron chi connectivity index (χ2n) is 5.70. The van der Waals surface area contributed by atoms with E-state index in [-0.39, 0.29) is 11.8 Å². The van der Waals surface area contributed by atoms with Crippen LogP contribution in [0.25, 0.3) is 0 Å². The molecule has 2 heterocycles. The average Bonchev–Trinajstić information content (AvgIpc) is 2.45. The van der Waals surface area contributed by atoms with E-state index in [4.69, 9.17) is 0 Å². The summed E-state index contributed by atoms with van der Waals surface area (Å²) in [5.41, 5.74) is -0.280. The quantitative estimate of drug-likeness (QED) is 0.908. The number of aromatic nitrogens is 1. The summed E-state index contributed by atoms with van der Waals surface area (Å²) in [4.78, 5) is 32.5. The number of nitrogens with one attached hydrogen (secondary N) is 1. The molecule has 0 unspecified atom stereocenters. The fourth-order valence-corrected chi connectivity index (χ4v) is 2.57. The van der Waals surface area contributed by atoms with Crippen LogP contribution >= 0.6 is 0 Å². The summed E-state index contributed by atoms with van der Waals surface area (Å²) in [6.07, 6.45) is 1.61. The molecule has 0 bridgehead atoms. The monoisotopic (exact) mass is 290 g/mol. The van der Waals surface area contributed by atoms with Crippen LogP contribution in [0.1, 0.15) is 31.1 Å². The molecular formula is C15H22N4O2. The van der Waals surface area contributed by atoms with E-state index in [0.29, 0.717) is 24.5 Å². The highest BCUT2D eigenvalue weighted by atomic mass is 16.2. The summed E-state index contributed by atoms with van der Waals surface area (Å²) in [6.45, 7) is 7.37. The third-order valence-electron chi connectivity index (χ3n) is 3.81. The topological polar surface area (TPSA) is 65.5 Å². The van der Waals surface area contributed by atoms with Crippen LogP contribution in [0.4, 0.5) is 5.82 Å². The summed E-state index contributed by atoms with van der Waals surface area (Å²) in [5, 5.41) is 3.09. The van der Waals surface area contributed by atoms with Crippen molar-refractivity contribution in [2.45, 2.75) is 26.3 Å². The van der Waals surface area contributed by atoms with Gasteiger partial charge in [0.2, 0.25) is 5.91 Å². The van der Waals surface area contributed by atoms with Gasteiger partial charge in [0.1, 0.15) is 11.4 Å². The molecule has 1 N–H and O–H groups in total. The molecule has 0 spiro atoms. The predicted octanol–water partition coefficient (Wildman–Crippen LogP) is 1.21. The molecule has 0 aliphatic carbocycles. The van der Waals surface area contributed by atoms with Crippen LogP contribution in [0.3, 0.4) is 0 Å². The van der Waals surface area contributed by atoms with E-state index < -0.39 is 5.54 Å². The molecule has 114 valence electrons. The van der Waals surface area contributed by atoms with Gasteiger partial charge in [-0.2, -0.15) is 0 Å². The summed E-state index contributed by atoms with van der Waals surface area (Å²) in [6, 6.07) is 3.41. The number of amides is 2. The summed E-state index contributed by atoms with van der Waals surface area (Å²) in [5.74, 6) is 0.493. The standard InChI is InChI=1S/C15H22N4O2/c1-5-16-12-10-11(6-7-17-12)13(20)19-9-8-18(4)14(21)15(19,2)3/h6-7,10H,5,8-9H2,1-4H3,(H,16,17). The van der Waals surface area contributed by atoms with Gasteiger partial charge in [-0.3, -0.25) is 9.59 Å². The number of nitrogens with zero attached hydrogens (tertiary/aromatic N) is 3. The van der Waals surface area contributed by atoms with E-state index in [1.807, 2.05) is 6.92 Å². The zero-order chi connectivity index (χ0) is 15.6. The Hall–Kier alpha value is -2.11. The van der Waals surface area contributed by atoms with Gasteiger partial charge in [0.05, 0.1) is 0 Å². The van der Waals surface area contributed by atoms with Gasteiger partial charge >= 0.3 is 0 Å². The minimum Gasteiger partial charge on any atom is -0.370 e. The molecule has 1 aliphatic heterocycles. The predicted molar refractivity (Wildman–Crippen MR) is 81.2 cm³/mol. The summed E-state index contributed by atoms with van der Waals surface area (Å²) >= 11 is 0. The van der Waals surface area contributed by atoms with Crippen LogP contribution in [-0.2, 0) is 4.79 Å². The zero-order valence-electron chi connectivity index (χ0n) is 13.0. The first-order valence-corrected chi connectivity index (χ1v) is 7.15. The number of carbonyl (C=O) groups excluding carboxylic acids is 2. The lowest BCUT2D eigenvalue weighted by atomic mass is 9.96. The number of pyridine rings is 1. The first-order chi connectivity index (χ1) is 9.87. The maximum Gasteiger partial charge on any atom is 0.254 e. The minimum atomic E-state index is -0.828. The SMILES string of the molecule is CCNc1cc(C(=O)N2CCN(C)C(=O)C2(C)C)ccn1. The molecule has 1 fully saturated rings. The van der Waals surface area contributed by atoms with E-state index in [0.717, 1.165) is 6.54 Å². The van der Waals surface area contributed by atoms with E-state index in [2.05, 4.69) is 10.3 Å². The molecule has 0 atom stereocenters. The van der Waals surface area contributed by atoms with E-state index in [1.165, 1.54) is 0 Å². The molecule has 6 heteroatoms. The van der Waals surface area contributed by atoms with Crippen molar-refractivity contribution in [1.29, 1.82) is 0 Å². The Balaban J connectivity index is 2.27. The van der Waals surface area contributed by atoms with Crippen LogP contribution in [0.2, 0.25) is 0 Å². The number of hydrogen-bond acceptors (Lipinski definition) is 4. The van der Waals surface area contributed by atoms with Crippen molar-refractivity contribution >= 4 is 17.6 Å². The highest BCUT2D eigenvalue weighted by Crippen LogP contribution is 2.24. The zero-order valence-corrected chi connectivity index (χ0v) is 13.0. The Kier molecular flexibility index (Phi) is 4.16. The first-order valence-electron chi connectivity index (χ1n) is 7.15. The molecule has 0 radical (unpaired) electrons. The van der Waals surface area contributed by atoms with E-state index in [9.17, 15) is 9.59 Å². The van der Waals surface area contributed by atoms with E-state index >= 15 is 0 Å². The molecule has 0 saturated carbocycles. The number of piperazine rings is 1. The van der Waals surface area contributed by atoms with Crippen molar-refractivity contribution in [2.75, 3.05) is 32.0 Å². The molecular weight excluding hydrogens is 268 g/mol. The van der Waals surface area contributed by atoms with Crippen LogP contribution in [-0.4, -0.2) is 58.8 Å². The van der Waals surface area contributed by atoms with Gasteiger partial charge in [-0.05, 0) is 32.9 Å². The van der Waals surface area contributed by atoms with Crippen LogP contribution in [0.15, 0.2) is 18.3 Å². The number of hydrogen-bond donors (Lipinski definition) is 1. The number of rotatable bonds is 3. The van der Waals surface area contributed by atoms with E-state index in [1.54, 1.807) is 49.0 Å². The molecule has 6 nitrogen and oxygen atoms in total. The maximum absolute atomic E-state index is 12.7. The Bertz CT molecular complexity index is 556. The normalized spacial score (nSPS) is 17.8. The van der Waals surface area contributed by atoms with Gasteiger partial charge in [-0.25, -0.2) is 4.98 Å². The van der Waals surface area contributed by atoms with Crippen molar-refractivity contribution in [3.05, 3.63) is 23.9 Å². The van der Waals surface area contributed by atoms with Crippen LogP contribution < -0.4 is 5.32 Å². The third kappa shape index (κ3) is 2.84. The van der Waals surface area contributed by atoms with Gasteiger partial charge in [-0.1, -0.05) is 0 Å². The highest BCUT2D eigenvalue weighted by molar-refractivity contribution is 6.00. The van der Waals surface area contributed by atoms with Crippen molar-refractivity contribution in [2.24, 2.45) is 0 Å². The smallest absolute Gasteiger partial charge is 0.254 e. The van der Waals surface area contributed by atoms with Crippen molar-refractivity contribution in [3.63, 3.8) is 0 Å². The molecule has 1 aliphatic rings. The molecule has 1 saturated heterocycles. The van der Waals surface area contributed by atoms with Crippen molar-refractivity contribution < 1.29 is 9.59 Å². The van der Waals surface area contributed by atoms with Gasteiger partial charge in [-0.15, -0.1) is 0 Å². The Morgan fingerprint density at radius 2 is 2.14 bits per heavy atom. The van der Waals surface area contributed by atoms with Crippen LogP contribution in [0.5, 0.6) is 0 Å². The Labute approximate surface area is 125 Å². The number of likely N-dealkylation sites (N-methyl/N-ethyl adjacent to an activating group) is 1. The summed E-state index contributed by atoms with van der Waals surface area (Å²) < 4.78 is 0. The number of carbonyl (C=O) groups is 2. The molecule has 0 aromatic carbocycles. The second kappa shape index (κ2) is 5.71. The van der Waals surface area contributed by atoms with Gasteiger partial charge in [0.15, 0.2) is 0 Å². The van der Waals surface area contributed by atoms with Gasteiger partial charge in [0, 0.05) is 38.4 Å². The van der Waals surface area contributed by atoms with Gasteiger partial charge in [0.25, 0.3) is 5.91 Å². The fourth-order valence-electron chi connectivity index (χ4n) is 2.57. The van der Waals surface area contributed by atoms with Gasteiger partial charge < -0.3 is 15.1 Å². The Morgan fingerprint density at radius 1 is 1.43 bits per heavy atom. The van der Waals surface area contributed by atoms with Crippen molar-refractivity contribution in [1.82, 2.24) is 14.8 Å². The molecule has 21 heavy (non-hydrogen) atoms. The largest absolute Gasteiger partial charge is 0.370 e. The average molecular weight is 290 g/mol. The highest BCUT2D eigenvalue weighted by Gasteiger charge is 2.43. The molecule has 2 amide bonds. The third-order valence-corrected chi connectivity index (χ3v) is 3.81. The lowest BCUT2D eigenvalue weighted by Gasteiger charge is -2.44. The Morgan fingerprint density at radius 3 is 2.81 bits per heavy atom. The number of anilines is 1. The molecule has 1 aromatic rings. The van der Waals surface area contributed by atoms with Crippen molar-refractivity contribution in [3.8, 4) is 0 Å². The fraction of sp³-hybridized carbons (Fsp3) is 0.533. The summed E-state index contributed by atoms with van der Waals surface area (Å²) in [7, 11) is 1.77. The first kappa shape index (κ1) is 15.3. The lowest BCUT2D eigenvalue weighted by molar-refractivity contribution is -0.144. The maximum atomic E-state index is 12.7. The molecule has 1 aromatic heterocycles. The lowest BCUT2D eigenvalue weighted by Crippen LogP contribution is -2.63. The second-order valence-corrected chi connectivity index (χ2v) is 5.70. The minimum absolute atomic E-state index is 0.0388. The van der Waals surface area contributed by atoms with Crippen LogP contribution in [0, 0.1) is 0 Å².